The molecule has 1 aliphatic rings. The lowest BCUT2D eigenvalue weighted by atomic mass is 10.1. The van der Waals surface area contributed by atoms with Crippen LogP contribution in [0.3, 0.4) is 0 Å². The highest BCUT2D eigenvalue weighted by molar-refractivity contribution is 7.89. The first-order chi connectivity index (χ1) is 15.3. The maximum absolute atomic E-state index is 12.8. The van der Waals surface area contributed by atoms with E-state index in [1.54, 1.807) is 35.2 Å². The number of hydrogen-bond acceptors (Lipinski definition) is 6. The number of nitrogens with one attached hydrogen (secondary N) is 1. The quantitative estimate of drug-likeness (QED) is 0.591. The zero-order valence-electron chi connectivity index (χ0n) is 18.1. The van der Waals surface area contributed by atoms with Crippen molar-refractivity contribution in [3.05, 3.63) is 57.5 Å². The van der Waals surface area contributed by atoms with Crippen LogP contribution in [-0.4, -0.2) is 47.9 Å². The Morgan fingerprint density at radius 1 is 1.19 bits per heavy atom. The van der Waals surface area contributed by atoms with Gasteiger partial charge in [-0.3, -0.25) is 14.2 Å². The highest BCUT2D eigenvalue weighted by Crippen LogP contribution is 2.25. The number of fused-ring (bicyclic) bond motifs is 1. The van der Waals surface area contributed by atoms with Gasteiger partial charge in [-0.2, -0.15) is 0 Å². The molecule has 0 aliphatic carbocycles. The molecule has 8 nitrogen and oxygen atoms in total. The van der Waals surface area contributed by atoms with E-state index >= 15 is 0 Å². The summed E-state index contributed by atoms with van der Waals surface area (Å²) in [5, 5.41) is 0.633. The van der Waals surface area contributed by atoms with Gasteiger partial charge in [-0.25, -0.2) is 18.1 Å². The number of benzene rings is 1. The third kappa shape index (κ3) is 4.62. The number of amides is 1. The molecule has 0 atom stereocenters. The summed E-state index contributed by atoms with van der Waals surface area (Å²) in [6.07, 6.45) is 2.82. The van der Waals surface area contributed by atoms with Crippen LogP contribution in [0.15, 0.2) is 46.3 Å². The lowest BCUT2D eigenvalue weighted by Crippen LogP contribution is -2.46. The van der Waals surface area contributed by atoms with Gasteiger partial charge in [0.25, 0.3) is 5.56 Å². The van der Waals surface area contributed by atoms with Crippen LogP contribution in [0.25, 0.3) is 10.2 Å². The summed E-state index contributed by atoms with van der Waals surface area (Å²) in [6.45, 7) is 5.13. The molecule has 1 fully saturated rings. The van der Waals surface area contributed by atoms with Crippen LogP contribution in [0.1, 0.15) is 29.7 Å². The molecule has 10 heteroatoms. The normalized spacial score (nSPS) is 15.4. The molecule has 0 spiro atoms. The molecule has 3 aromatic rings. The van der Waals surface area contributed by atoms with E-state index in [0.29, 0.717) is 31.3 Å². The number of sulfonamides is 1. The predicted octanol–water partition coefficient (Wildman–Crippen LogP) is 2.43. The van der Waals surface area contributed by atoms with Crippen molar-refractivity contribution in [2.75, 3.05) is 13.1 Å². The minimum atomic E-state index is -3.57. The molecule has 0 unspecified atom stereocenters. The van der Waals surface area contributed by atoms with Crippen molar-refractivity contribution < 1.29 is 13.2 Å². The summed E-state index contributed by atoms with van der Waals surface area (Å²) in [6, 6.07) is 8.07. The number of piperidine rings is 1. The summed E-state index contributed by atoms with van der Waals surface area (Å²) in [5.74, 6) is -0.0421. The van der Waals surface area contributed by atoms with Crippen molar-refractivity contribution in [2.24, 2.45) is 0 Å². The maximum atomic E-state index is 12.8. The number of thiophene rings is 1. The van der Waals surface area contributed by atoms with Gasteiger partial charge in [-0.1, -0.05) is 18.2 Å². The van der Waals surface area contributed by atoms with E-state index in [4.69, 9.17) is 0 Å². The first-order valence-corrected chi connectivity index (χ1v) is 12.9. The van der Waals surface area contributed by atoms with Crippen molar-refractivity contribution in [1.29, 1.82) is 0 Å². The molecule has 4 rings (SSSR count). The standard InChI is InChI=1S/C22H26N4O4S2/c1-15-16(2)31-21-20(15)22(28)26(14-23-21)13-10-19(27)25-11-8-17(9-12-25)24-32(29,30)18-6-4-3-5-7-18/h3-7,14,17,24H,8-13H2,1-2H3. The van der Waals surface area contributed by atoms with Crippen molar-refractivity contribution >= 4 is 37.5 Å². The molecule has 1 aliphatic heterocycles. The molecule has 1 N–H and O–H groups in total. The summed E-state index contributed by atoms with van der Waals surface area (Å²) >= 11 is 1.50. The van der Waals surface area contributed by atoms with Crippen LogP contribution in [0, 0.1) is 13.8 Å². The zero-order chi connectivity index (χ0) is 22.9. The Balaban J connectivity index is 1.32. The molecule has 1 aromatic carbocycles. The molecule has 0 radical (unpaired) electrons. The Kier molecular flexibility index (Phi) is 6.45. The van der Waals surface area contributed by atoms with Crippen LogP contribution in [-0.2, 0) is 21.4 Å². The van der Waals surface area contributed by atoms with Crippen molar-refractivity contribution in [3.8, 4) is 0 Å². The van der Waals surface area contributed by atoms with E-state index in [0.717, 1.165) is 15.3 Å². The monoisotopic (exact) mass is 474 g/mol. The van der Waals surface area contributed by atoms with E-state index in [1.807, 2.05) is 13.8 Å². The Morgan fingerprint density at radius 2 is 1.88 bits per heavy atom. The van der Waals surface area contributed by atoms with Gasteiger partial charge in [0, 0.05) is 37.0 Å². The third-order valence-corrected chi connectivity index (χ3v) is 8.60. The SMILES string of the molecule is Cc1sc2ncn(CCC(=O)N3CCC(NS(=O)(=O)c4ccccc4)CC3)c(=O)c2c1C. The van der Waals surface area contributed by atoms with Crippen molar-refractivity contribution in [3.63, 3.8) is 0 Å². The fraction of sp³-hybridized carbons (Fsp3) is 0.409. The minimum Gasteiger partial charge on any atom is -0.343 e. The molecular formula is C22H26N4O4S2. The Morgan fingerprint density at radius 3 is 2.56 bits per heavy atom. The molecule has 0 bridgehead atoms. The molecule has 3 heterocycles. The van der Waals surface area contributed by atoms with Gasteiger partial charge < -0.3 is 4.90 Å². The second-order valence-corrected chi connectivity index (χ2v) is 11.0. The largest absolute Gasteiger partial charge is 0.343 e. The van der Waals surface area contributed by atoms with Gasteiger partial charge in [0.2, 0.25) is 15.9 Å². The number of nitrogens with zero attached hydrogens (tertiary/aromatic N) is 3. The number of aromatic nitrogens is 2. The van der Waals surface area contributed by atoms with Crippen LogP contribution < -0.4 is 10.3 Å². The van der Waals surface area contributed by atoms with Gasteiger partial charge >= 0.3 is 0 Å². The molecular weight excluding hydrogens is 448 g/mol. The molecule has 2 aromatic heterocycles. The number of aryl methyl sites for hydroxylation is 3. The topological polar surface area (TPSA) is 101 Å². The summed E-state index contributed by atoms with van der Waals surface area (Å²) in [4.78, 5) is 33.6. The summed E-state index contributed by atoms with van der Waals surface area (Å²) in [5.41, 5.74) is 0.835. The Hall–Kier alpha value is -2.56. The second kappa shape index (κ2) is 9.13. The Labute approximate surface area is 190 Å². The van der Waals surface area contributed by atoms with Gasteiger partial charge in [-0.15, -0.1) is 11.3 Å². The predicted molar refractivity (Wildman–Crippen MR) is 124 cm³/mol. The van der Waals surface area contributed by atoms with E-state index in [1.165, 1.54) is 22.2 Å². The molecule has 170 valence electrons. The smallest absolute Gasteiger partial charge is 0.262 e. The van der Waals surface area contributed by atoms with Crippen LogP contribution in [0.2, 0.25) is 0 Å². The van der Waals surface area contributed by atoms with E-state index in [-0.39, 0.29) is 35.4 Å². The van der Waals surface area contributed by atoms with Gasteiger partial charge in [0.05, 0.1) is 16.6 Å². The van der Waals surface area contributed by atoms with Crippen LogP contribution in [0.4, 0.5) is 0 Å². The van der Waals surface area contributed by atoms with E-state index in [9.17, 15) is 18.0 Å². The number of likely N-dealkylation sites (tertiary alicyclic amines) is 1. The minimum absolute atomic E-state index is 0.0421. The van der Waals surface area contributed by atoms with Gasteiger partial charge in [-0.05, 0) is 44.4 Å². The van der Waals surface area contributed by atoms with Crippen molar-refractivity contribution in [1.82, 2.24) is 19.2 Å². The first-order valence-electron chi connectivity index (χ1n) is 10.6. The van der Waals surface area contributed by atoms with Crippen molar-refractivity contribution in [2.45, 2.75) is 50.6 Å². The fourth-order valence-electron chi connectivity index (χ4n) is 3.94. The molecule has 32 heavy (non-hydrogen) atoms. The first kappa shape index (κ1) is 22.6. The number of carbonyl (C=O) groups excluding carboxylic acids is 1. The van der Waals surface area contributed by atoms with E-state index in [2.05, 4.69) is 9.71 Å². The lowest BCUT2D eigenvalue weighted by molar-refractivity contribution is -0.132. The van der Waals surface area contributed by atoms with Gasteiger partial charge in [0.1, 0.15) is 4.83 Å². The highest BCUT2D eigenvalue weighted by Gasteiger charge is 2.26. The number of rotatable bonds is 6. The average Bonchev–Trinajstić information content (AvgIpc) is 3.08. The maximum Gasteiger partial charge on any atom is 0.262 e. The number of carbonyl (C=O) groups is 1. The fourth-order valence-corrected chi connectivity index (χ4v) is 6.25. The zero-order valence-corrected chi connectivity index (χ0v) is 19.7. The number of hydrogen-bond donors (Lipinski definition) is 1. The Bertz CT molecular complexity index is 1290. The highest BCUT2D eigenvalue weighted by atomic mass is 32.2. The van der Waals surface area contributed by atoms with Crippen LogP contribution >= 0.6 is 11.3 Å². The summed E-state index contributed by atoms with van der Waals surface area (Å²) in [7, 11) is -3.57. The third-order valence-electron chi connectivity index (χ3n) is 5.95. The van der Waals surface area contributed by atoms with Crippen LogP contribution in [0.5, 0.6) is 0 Å². The lowest BCUT2D eigenvalue weighted by Gasteiger charge is -2.32. The second-order valence-electron chi connectivity index (χ2n) is 8.05. The molecule has 1 saturated heterocycles. The summed E-state index contributed by atoms with van der Waals surface area (Å²) < 4.78 is 29.2. The molecule has 0 saturated carbocycles. The van der Waals surface area contributed by atoms with E-state index < -0.39 is 10.0 Å². The average molecular weight is 475 g/mol. The molecule has 1 amide bonds. The van der Waals surface area contributed by atoms with Gasteiger partial charge in [0.15, 0.2) is 0 Å².